The van der Waals surface area contributed by atoms with Gasteiger partial charge in [-0.3, -0.25) is 4.79 Å². The lowest BCUT2D eigenvalue weighted by atomic mass is 9.80. The Bertz CT molecular complexity index is 872. The fraction of sp³-hybridized carbons (Fsp3) is 0.273. The fourth-order valence-corrected chi connectivity index (χ4v) is 3.43. The number of carbonyl (C=O) groups is 1. The Balaban J connectivity index is 1.26. The van der Waals surface area contributed by atoms with Gasteiger partial charge in [-0.1, -0.05) is 36.4 Å². The summed E-state index contributed by atoms with van der Waals surface area (Å²) in [5, 5.41) is 3.12. The molecule has 0 bridgehead atoms. The Morgan fingerprint density at radius 2 is 2.00 bits per heavy atom. The maximum Gasteiger partial charge on any atom is 0.251 e. The van der Waals surface area contributed by atoms with E-state index in [4.69, 9.17) is 4.74 Å². The number of benzene rings is 2. The summed E-state index contributed by atoms with van der Waals surface area (Å²) in [7, 11) is 0. The minimum absolute atomic E-state index is 0.0359. The van der Waals surface area contributed by atoms with E-state index in [0.717, 1.165) is 24.9 Å². The van der Waals surface area contributed by atoms with E-state index >= 15 is 0 Å². The van der Waals surface area contributed by atoms with Crippen LogP contribution in [0.1, 0.15) is 28.8 Å². The van der Waals surface area contributed by atoms with E-state index < -0.39 is 0 Å². The summed E-state index contributed by atoms with van der Waals surface area (Å²) >= 11 is 0. The highest BCUT2D eigenvalue weighted by Crippen LogP contribution is 2.29. The van der Waals surface area contributed by atoms with Crippen LogP contribution in [-0.4, -0.2) is 21.5 Å². The standard InChI is InChI=1S/C22H23N3O2/c26-22(24-20-11-18(12-20)14-25-10-9-23-16-25)19-7-4-8-21(13-19)27-15-17-5-2-1-3-6-17/h1-10,13,16,18,20H,11-12,14-15H2,(H,24,26). The zero-order valence-corrected chi connectivity index (χ0v) is 15.1. The van der Waals surface area contributed by atoms with Gasteiger partial charge in [-0.15, -0.1) is 0 Å². The number of nitrogens with zero attached hydrogens (tertiary/aromatic N) is 2. The van der Waals surface area contributed by atoms with Crippen LogP contribution < -0.4 is 10.1 Å². The van der Waals surface area contributed by atoms with E-state index in [0.29, 0.717) is 23.8 Å². The number of hydrogen-bond acceptors (Lipinski definition) is 3. The van der Waals surface area contributed by atoms with Crippen LogP contribution >= 0.6 is 0 Å². The molecule has 27 heavy (non-hydrogen) atoms. The molecule has 5 heteroatoms. The summed E-state index contributed by atoms with van der Waals surface area (Å²) < 4.78 is 7.91. The predicted molar refractivity (Wildman–Crippen MR) is 103 cm³/mol. The van der Waals surface area contributed by atoms with Gasteiger partial charge in [-0.05, 0) is 42.5 Å². The molecule has 1 aliphatic rings. The molecule has 138 valence electrons. The summed E-state index contributed by atoms with van der Waals surface area (Å²) in [5.41, 5.74) is 1.74. The molecular weight excluding hydrogens is 338 g/mol. The summed E-state index contributed by atoms with van der Waals surface area (Å²) in [5.74, 6) is 1.27. The van der Waals surface area contributed by atoms with Crippen molar-refractivity contribution in [3.05, 3.63) is 84.4 Å². The summed E-state index contributed by atoms with van der Waals surface area (Å²) in [4.78, 5) is 16.6. The van der Waals surface area contributed by atoms with Crippen molar-refractivity contribution in [3.8, 4) is 5.75 Å². The van der Waals surface area contributed by atoms with Crippen LogP contribution in [-0.2, 0) is 13.2 Å². The summed E-state index contributed by atoms with van der Waals surface area (Å²) in [6.07, 6.45) is 7.63. The molecule has 0 unspecified atom stereocenters. The van der Waals surface area contributed by atoms with Crippen LogP contribution in [0.3, 0.4) is 0 Å². The highest BCUT2D eigenvalue weighted by molar-refractivity contribution is 5.94. The molecule has 5 nitrogen and oxygen atoms in total. The zero-order chi connectivity index (χ0) is 18.5. The van der Waals surface area contributed by atoms with Gasteiger partial charge >= 0.3 is 0 Å². The number of imidazole rings is 1. The van der Waals surface area contributed by atoms with E-state index in [9.17, 15) is 4.79 Å². The molecule has 1 N–H and O–H groups in total. The van der Waals surface area contributed by atoms with E-state index in [1.807, 2.05) is 61.1 Å². The first kappa shape index (κ1) is 17.3. The van der Waals surface area contributed by atoms with Crippen molar-refractivity contribution in [1.29, 1.82) is 0 Å². The first-order chi connectivity index (χ1) is 13.3. The van der Waals surface area contributed by atoms with Gasteiger partial charge in [0, 0.05) is 30.5 Å². The molecule has 1 aromatic heterocycles. The molecule has 0 radical (unpaired) electrons. The molecule has 0 aliphatic heterocycles. The number of hydrogen-bond donors (Lipinski definition) is 1. The minimum Gasteiger partial charge on any atom is -0.489 e. The van der Waals surface area contributed by atoms with Crippen LogP contribution in [0.15, 0.2) is 73.3 Å². The smallest absolute Gasteiger partial charge is 0.251 e. The second-order valence-corrected chi connectivity index (χ2v) is 7.07. The number of rotatable bonds is 7. The Labute approximate surface area is 159 Å². The van der Waals surface area contributed by atoms with E-state index in [1.54, 1.807) is 12.3 Å². The number of amides is 1. The lowest BCUT2D eigenvalue weighted by Crippen LogP contribution is -2.45. The highest BCUT2D eigenvalue weighted by atomic mass is 16.5. The lowest BCUT2D eigenvalue weighted by molar-refractivity contribution is 0.0881. The zero-order valence-electron chi connectivity index (χ0n) is 15.1. The Kier molecular flexibility index (Phi) is 5.19. The van der Waals surface area contributed by atoms with E-state index in [2.05, 4.69) is 14.9 Å². The quantitative estimate of drug-likeness (QED) is 0.699. The van der Waals surface area contributed by atoms with E-state index in [1.165, 1.54) is 0 Å². The normalized spacial score (nSPS) is 18.5. The number of nitrogens with one attached hydrogen (secondary N) is 1. The van der Waals surface area contributed by atoms with Crippen molar-refractivity contribution in [2.24, 2.45) is 5.92 Å². The Morgan fingerprint density at radius 1 is 1.15 bits per heavy atom. The van der Waals surface area contributed by atoms with Crippen LogP contribution in [0.5, 0.6) is 5.75 Å². The van der Waals surface area contributed by atoms with Crippen molar-refractivity contribution in [3.63, 3.8) is 0 Å². The number of aromatic nitrogens is 2. The maximum atomic E-state index is 12.5. The molecule has 1 saturated carbocycles. The molecule has 1 fully saturated rings. The topological polar surface area (TPSA) is 56.2 Å². The van der Waals surface area contributed by atoms with Crippen LogP contribution in [0.2, 0.25) is 0 Å². The SMILES string of the molecule is O=C(NC1CC(Cn2ccnc2)C1)c1cccc(OCc2ccccc2)c1. The fourth-order valence-electron chi connectivity index (χ4n) is 3.43. The van der Waals surface area contributed by atoms with Crippen LogP contribution in [0.25, 0.3) is 0 Å². The van der Waals surface area contributed by atoms with Gasteiger partial charge in [0.2, 0.25) is 0 Å². The average Bonchev–Trinajstić information content (AvgIpc) is 3.19. The maximum absolute atomic E-state index is 12.5. The predicted octanol–water partition coefficient (Wildman–Crippen LogP) is 3.67. The summed E-state index contributed by atoms with van der Waals surface area (Å²) in [6.45, 7) is 1.46. The first-order valence-corrected chi connectivity index (χ1v) is 9.29. The van der Waals surface area contributed by atoms with Gasteiger partial charge in [0.1, 0.15) is 12.4 Å². The molecule has 2 aromatic carbocycles. The average molecular weight is 361 g/mol. The van der Waals surface area contributed by atoms with Gasteiger partial charge in [0.25, 0.3) is 5.91 Å². The highest BCUT2D eigenvalue weighted by Gasteiger charge is 2.30. The van der Waals surface area contributed by atoms with Gasteiger partial charge in [-0.25, -0.2) is 4.98 Å². The minimum atomic E-state index is -0.0359. The van der Waals surface area contributed by atoms with Gasteiger partial charge in [0.15, 0.2) is 0 Å². The van der Waals surface area contributed by atoms with Crippen LogP contribution in [0.4, 0.5) is 0 Å². The molecule has 0 atom stereocenters. The second kappa shape index (κ2) is 8.08. The third-order valence-corrected chi connectivity index (χ3v) is 4.94. The molecule has 3 aromatic rings. The Hall–Kier alpha value is -3.08. The van der Waals surface area contributed by atoms with Crippen molar-refractivity contribution < 1.29 is 9.53 Å². The van der Waals surface area contributed by atoms with Crippen LogP contribution in [0, 0.1) is 5.92 Å². The molecule has 1 amide bonds. The van der Waals surface area contributed by atoms with Crippen molar-refractivity contribution in [2.45, 2.75) is 32.0 Å². The molecule has 4 rings (SSSR count). The summed E-state index contributed by atoms with van der Waals surface area (Å²) in [6, 6.07) is 17.6. The van der Waals surface area contributed by atoms with Gasteiger partial charge in [-0.2, -0.15) is 0 Å². The number of carbonyl (C=O) groups excluding carboxylic acids is 1. The van der Waals surface area contributed by atoms with E-state index in [-0.39, 0.29) is 11.9 Å². The van der Waals surface area contributed by atoms with Crippen molar-refractivity contribution in [1.82, 2.24) is 14.9 Å². The molecule has 1 aliphatic carbocycles. The number of ether oxygens (including phenoxy) is 1. The molecule has 0 saturated heterocycles. The van der Waals surface area contributed by atoms with Gasteiger partial charge < -0.3 is 14.6 Å². The lowest BCUT2D eigenvalue weighted by Gasteiger charge is -2.36. The van der Waals surface area contributed by atoms with Gasteiger partial charge in [0.05, 0.1) is 6.33 Å². The first-order valence-electron chi connectivity index (χ1n) is 9.29. The van der Waals surface area contributed by atoms with Crippen molar-refractivity contribution >= 4 is 5.91 Å². The third kappa shape index (κ3) is 4.56. The molecule has 0 spiro atoms. The molecule has 1 heterocycles. The monoisotopic (exact) mass is 361 g/mol. The third-order valence-electron chi connectivity index (χ3n) is 4.94. The largest absolute Gasteiger partial charge is 0.489 e. The van der Waals surface area contributed by atoms with Crippen molar-refractivity contribution in [2.75, 3.05) is 0 Å². The Morgan fingerprint density at radius 3 is 2.78 bits per heavy atom. The molecular formula is C22H23N3O2. The second-order valence-electron chi connectivity index (χ2n) is 7.07.